The van der Waals surface area contributed by atoms with Crippen molar-refractivity contribution in [3.8, 4) is 11.5 Å². The minimum Gasteiger partial charge on any atom is -0.493 e. The summed E-state index contributed by atoms with van der Waals surface area (Å²) < 4.78 is 15.8. The Hall–Kier alpha value is -3.07. The molecule has 0 aliphatic carbocycles. The van der Waals surface area contributed by atoms with Gasteiger partial charge in [0.15, 0.2) is 17.3 Å². The van der Waals surface area contributed by atoms with E-state index in [9.17, 15) is 14.9 Å². The lowest BCUT2D eigenvalue weighted by Gasteiger charge is -2.14. The summed E-state index contributed by atoms with van der Waals surface area (Å²) in [5.74, 6) is -0.236. The number of hydrogen-bond donors (Lipinski definition) is 1. The number of benzene rings is 1. The van der Waals surface area contributed by atoms with Gasteiger partial charge in [-0.05, 0) is 32.3 Å². The van der Waals surface area contributed by atoms with E-state index in [-0.39, 0.29) is 5.76 Å². The predicted octanol–water partition coefficient (Wildman–Crippen LogP) is 2.39. The average Bonchev–Trinajstić information content (AvgIpc) is 3.05. The highest BCUT2D eigenvalue weighted by atomic mass is 16.6. The van der Waals surface area contributed by atoms with Crippen LogP contribution in [0.5, 0.6) is 11.5 Å². The third kappa shape index (κ3) is 4.95. The number of ether oxygens (including phenoxy) is 2. The Morgan fingerprint density at radius 3 is 2.64 bits per heavy atom. The number of methoxy groups -OCH3 is 1. The molecule has 134 valence electrons. The molecule has 0 radical (unpaired) electrons. The first-order valence-corrected chi connectivity index (χ1v) is 7.42. The van der Waals surface area contributed by atoms with Crippen molar-refractivity contribution in [2.45, 2.75) is 0 Å². The van der Waals surface area contributed by atoms with E-state index in [1.807, 2.05) is 19.0 Å². The molecule has 1 N–H and O–H groups in total. The van der Waals surface area contributed by atoms with Crippen LogP contribution in [0, 0.1) is 10.1 Å². The first-order valence-electron chi connectivity index (χ1n) is 7.42. The van der Waals surface area contributed by atoms with Crippen molar-refractivity contribution >= 4 is 17.5 Å². The van der Waals surface area contributed by atoms with Gasteiger partial charge in [-0.1, -0.05) is 0 Å². The van der Waals surface area contributed by atoms with Gasteiger partial charge >= 0.3 is 5.88 Å². The number of nitrogens with one attached hydrogen (secondary N) is 1. The standard InChI is InChI=1S/C16H19N3O6/c1-18(2)8-9-24-14-10-11(4-5-12(14)23-3)17-16(20)13-6-7-15(25-13)19(21)22/h4-7,10H,8-9H2,1-3H3,(H,17,20). The van der Waals surface area contributed by atoms with Gasteiger partial charge in [0.1, 0.15) is 11.5 Å². The van der Waals surface area contributed by atoms with Gasteiger partial charge in [-0.2, -0.15) is 0 Å². The zero-order valence-electron chi connectivity index (χ0n) is 14.1. The molecule has 9 heteroatoms. The highest BCUT2D eigenvalue weighted by Gasteiger charge is 2.18. The number of anilines is 1. The zero-order chi connectivity index (χ0) is 18.4. The summed E-state index contributed by atoms with van der Waals surface area (Å²) in [5.41, 5.74) is 0.449. The molecule has 1 amide bonds. The number of amides is 1. The molecule has 0 spiro atoms. The number of rotatable bonds is 8. The summed E-state index contributed by atoms with van der Waals surface area (Å²) in [6.07, 6.45) is 0. The molecule has 0 aliphatic heterocycles. The first kappa shape index (κ1) is 18.3. The number of likely N-dealkylation sites (N-methyl/N-ethyl adjacent to an activating group) is 1. The highest BCUT2D eigenvalue weighted by molar-refractivity contribution is 6.02. The fourth-order valence-corrected chi connectivity index (χ4v) is 1.95. The fourth-order valence-electron chi connectivity index (χ4n) is 1.95. The van der Waals surface area contributed by atoms with Crippen molar-refractivity contribution in [2.24, 2.45) is 0 Å². The lowest BCUT2D eigenvalue weighted by atomic mass is 10.2. The van der Waals surface area contributed by atoms with Crippen LogP contribution in [0.25, 0.3) is 0 Å². The van der Waals surface area contributed by atoms with Gasteiger partial charge in [0.05, 0.1) is 13.2 Å². The second-order valence-corrected chi connectivity index (χ2v) is 5.37. The van der Waals surface area contributed by atoms with E-state index in [1.54, 1.807) is 18.2 Å². The van der Waals surface area contributed by atoms with Crippen LogP contribution < -0.4 is 14.8 Å². The zero-order valence-corrected chi connectivity index (χ0v) is 14.1. The minimum atomic E-state index is -0.707. The monoisotopic (exact) mass is 349 g/mol. The first-order chi connectivity index (χ1) is 11.9. The maximum atomic E-state index is 12.1. The van der Waals surface area contributed by atoms with Crippen LogP contribution in [0.15, 0.2) is 34.7 Å². The summed E-state index contributed by atoms with van der Waals surface area (Å²) in [5, 5.41) is 13.2. The van der Waals surface area contributed by atoms with E-state index in [0.717, 1.165) is 12.6 Å². The second kappa shape index (κ2) is 8.15. The minimum absolute atomic E-state index is 0.155. The molecule has 9 nitrogen and oxygen atoms in total. The summed E-state index contributed by atoms with van der Waals surface area (Å²) in [7, 11) is 5.38. The predicted molar refractivity (Wildman–Crippen MR) is 90.4 cm³/mol. The molecule has 0 bridgehead atoms. The molecule has 0 aliphatic rings. The molecule has 25 heavy (non-hydrogen) atoms. The van der Waals surface area contributed by atoms with E-state index in [0.29, 0.717) is 23.8 Å². The van der Waals surface area contributed by atoms with E-state index >= 15 is 0 Å². The molecule has 1 aromatic carbocycles. The van der Waals surface area contributed by atoms with E-state index in [2.05, 4.69) is 5.32 Å². The third-order valence-corrected chi connectivity index (χ3v) is 3.21. The van der Waals surface area contributed by atoms with Gasteiger partial charge in [-0.3, -0.25) is 14.9 Å². The number of furan rings is 1. The maximum Gasteiger partial charge on any atom is 0.433 e. The summed E-state index contributed by atoms with van der Waals surface area (Å²) >= 11 is 0. The Morgan fingerprint density at radius 1 is 1.28 bits per heavy atom. The Labute approximate surface area is 144 Å². The molecule has 2 rings (SSSR count). The lowest BCUT2D eigenvalue weighted by molar-refractivity contribution is -0.402. The average molecular weight is 349 g/mol. The molecule has 1 aromatic heterocycles. The smallest absolute Gasteiger partial charge is 0.433 e. The Balaban J connectivity index is 2.10. The number of carbonyl (C=O) groups is 1. The number of nitrogens with zero attached hydrogens (tertiary/aromatic N) is 2. The van der Waals surface area contributed by atoms with Crippen molar-refractivity contribution < 1.29 is 23.6 Å². The fraction of sp³-hybridized carbons (Fsp3) is 0.312. The molecular weight excluding hydrogens is 330 g/mol. The normalized spacial score (nSPS) is 10.6. The molecule has 1 heterocycles. The van der Waals surface area contributed by atoms with E-state index < -0.39 is 16.7 Å². The Kier molecular flexibility index (Phi) is 5.96. The third-order valence-electron chi connectivity index (χ3n) is 3.21. The highest BCUT2D eigenvalue weighted by Crippen LogP contribution is 2.30. The van der Waals surface area contributed by atoms with Crippen LogP contribution >= 0.6 is 0 Å². The van der Waals surface area contributed by atoms with Gasteiger partial charge in [-0.25, -0.2) is 0 Å². The van der Waals surface area contributed by atoms with E-state index in [1.165, 1.54) is 13.2 Å². The van der Waals surface area contributed by atoms with Crippen LogP contribution in [-0.4, -0.2) is 50.1 Å². The lowest BCUT2D eigenvalue weighted by Crippen LogP contribution is -2.19. The molecule has 0 fully saturated rings. The number of nitro groups is 1. The van der Waals surface area contributed by atoms with Crippen molar-refractivity contribution in [3.05, 3.63) is 46.2 Å². The maximum absolute atomic E-state index is 12.1. The van der Waals surface area contributed by atoms with E-state index in [4.69, 9.17) is 13.9 Å². The molecular formula is C16H19N3O6. The van der Waals surface area contributed by atoms with Crippen LogP contribution in [0.2, 0.25) is 0 Å². The van der Waals surface area contributed by atoms with Gasteiger partial charge in [0.25, 0.3) is 5.91 Å². The van der Waals surface area contributed by atoms with Crippen molar-refractivity contribution in [1.29, 1.82) is 0 Å². The molecule has 0 unspecified atom stereocenters. The van der Waals surface area contributed by atoms with Crippen LogP contribution in [-0.2, 0) is 0 Å². The van der Waals surface area contributed by atoms with Crippen molar-refractivity contribution in [1.82, 2.24) is 4.90 Å². The van der Waals surface area contributed by atoms with Crippen LogP contribution in [0.3, 0.4) is 0 Å². The van der Waals surface area contributed by atoms with Crippen LogP contribution in [0.1, 0.15) is 10.6 Å². The largest absolute Gasteiger partial charge is 0.493 e. The molecule has 0 saturated carbocycles. The molecule has 0 atom stereocenters. The van der Waals surface area contributed by atoms with Crippen molar-refractivity contribution in [3.63, 3.8) is 0 Å². The molecule has 0 saturated heterocycles. The number of carbonyl (C=O) groups excluding carboxylic acids is 1. The van der Waals surface area contributed by atoms with Crippen LogP contribution in [0.4, 0.5) is 11.6 Å². The summed E-state index contributed by atoms with van der Waals surface area (Å²) in [6.45, 7) is 1.17. The number of hydrogen-bond acceptors (Lipinski definition) is 7. The van der Waals surface area contributed by atoms with Gasteiger partial charge < -0.3 is 24.1 Å². The Morgan fingerprint density at radius 2 is 2.04 bits per heavy atom. The topological polar surface area (TPSA) is 107 Å². The summed E-state index contributed by atoms with van der Waals surface area (Å²) in [4.78, 5) is 24.0. The summed E-state index contributed by atoms with van der Waals surface area (Å²) in [6, 6.07) is 7.27. The second-order valence-electron chi connectivity index (χ2n) is 5.37. The van der Waals surface area contributed by atoms with Gasteiger partial charge in [0, 0.05) is 18.3 Å². The quantitative estimate of drug-likeness (QED) is 0.576. The SMILES string of the molecule is COc1ccc(NC(=O)c2ccc([N+](=O)[O-])o2)cc1OCCN(C)C. The molecule has 2 aromatic rings. The van der Waals surface area contributed by atoms with Gasteiger partial charge in [0.2, 0.25) is 0 Å². The van der Waals surface area contributed by atoms with Gasteiger partial charge in [-0.15, -0.1) is 0 Å². The van der Waals surface area contributed by atoms with Crippen molar-refractivity contribution in [2.75, 3.05) is 39.7 Å². The Bertz CT molecular complexity index is 756.